The first-order chi connectivity index (χ1) is 16.2. The molecule has 9 heteroatoms. The number of nitrogens with one attached hydrogen (secondary N) is 2. The van der Waals surface area contributed by atoms with Gasteiger partial charge in [0, 0.05) is 12.1 Å². The molecule has 0 fully saturated rings. The Morgan fingerprint density at radius 2 is 1.38 bits per heavy atom. The van der Waals surface area contributed by atoms with Crippen molar-refractivity contribution in [1.29, 1.82) is 0 Å². The van der Waals surface area contributed by atoms with Crippen LogP contribution in [-0.2, 0) is 16.0 Å². The van der Waals surface area contributed by atoms with E-state index in [1.54, 1.807) is 67.6 Å². The van der Waals surface area contributed by atoms with Crippen LogP contribution in [-0.4, -0.2) is 30.9 Å². The Morgan fingerprint density at radius 3 is 1.94 bits per heavy atom. The van der Waals surface area contributed by atoms with E-state index in [0.717, 1.165) is 5.56 Å². The van der Waals surface area contributed by atoms with E-state index in [1.807, 2.05) is 0 Å². The standard InChI is InChI=1S/C25H21Cl3N2O4/c1-14-5-3-6-17(26)21(14)23(31)30-20(25(33)34-2)13-15-9-11-16(12-10-15)29-24(32)22-18(27)7-4-8-19(22)28/h3-12,20H,13H2,1-2H3,(H,29,32)(H,30,31). The second kappa shape index (κ2) is 11.4. The normalized spacial score (nSPS) is 11.4. The summed E-state index contributed by atoms with van der Waals surface area (Å²) in [6.45, 7) is 1.76. The largest absolute Gasteiger partial charge is 0.467 e. The Hall–Kier alpha value is -3.06. The van der Waals surface area contributed by atoms with Crippen molar-refractivity contribution in [3.8, 4) is 0 Å². The number of hydrogen-bond acceptors (Lipinski definition) is 4. The minimum Gasteiger partial charge on any atom is -0.467 e. The zero-order chi connectivity index (χ0) is 24.8. The summed E-state index contributed by atoms with van der Waals surface area (Å²) < 4.78 is 4.86. The summed E-state index contributed by atoms with van der Waals surface area (Å²) in [7, 11) is 1.25. The highest BCUT2D eigenvalue weighted by Gasteiger charge is 2.24. The maximum Gasteiger partial charge on any atom is 0.328 e. The smallest absolute Gasteiger partial charge is 0.328 e. The van der Waals surface area contributed by atoms with E-state index in [-0.39, 0.29) is 22.0 Å². The third-order valence-corrected chi connectivity index (χ3v) is 6.03. The molecule has 0 heterocycles. The van der Waals surface area contributed by atoms with Gasteiger partial charge < -0.3 is 15.4 Å². The molecule has 0 aliphatic heterocycles. The predicted octanol–water partition coefficient (Wildman–Crippen LogP) is 5.72. The maximum absolute atomic E-state index is 12.8. The van der Waals surface area contributed by atoms with Gasteiger partial charge in [-0.3, -0.25) is 9.59 Å². The molecule has 3 aromatic rings. The molecular formula is C25H21Cl3N2O4. The SMILES string of the molecule is COC(=O)C(Cc1ccc(NC(=O)c2c(Cl)cccc2Cl)cc1)NC(=O)c1c(C)cccc1Cl. The molecule has 176 valence electrons. The fourth-order valence-corrected chi connectivity index (χ4v) is 4.23. The molecule has 0 aliphatic carbocycles. The van der Waals surface area contributed by atoms with E-state index >= 15 is 0 Å². The zero-order valence-electron chi connectivity index (χ0n) is 18.3. The second-order valence-electron chi connectivity index (χ2n) is 7.43. The second-order valence-corrected chi connectivity index (χ2v) is 8.65. The average molecular weight is 520 g/mol. The molecule has 0 aliphatic rings. The number of ether oxygens (including phenoxy) is 1. The van der Waals surface area contributed by atoms with Gasteiger partial charge in [0.15, 0.2) is 0 Å². The lowest BCUT2D eigenvalue weighted by Crippen LogP contribution is -2.43. The van der Waals surface area contributed by atoms with Crippen molar-refractivity contribution in [1.82, 2.24) is 5.32 Å². The number of methoxy groups -OCH3 is 1. The van der Waals surface area contributed by atoms with Crippen LogP contribution in [0.25, 0.3) is 0 Å². The van der Waals surface area contributed by atoms with Crippen LogP contribution in [0.3, 0.4) is 0 Å². The summed E-state index contributed by atoms with van der Waals surface area (Å²) >= 11 is 18.4. The van der Waals surface area contributed by atoms with Gasteiger partial charge in [0.2, 0.25) is 0 Å². The molecule has 0 aromatic heterocycles. The Bertz CT molecular complexity index is 1190. The van der Waals surface area contributed by atoms with E-state index in [2.05, 4.69) is 10.6 Å². The van der Waals surface area contributed by atoms with Gasteiger partial charge in [0.25, 0.3) is 11.8 Å². The van der Waals surface area contributed by atoms with Gasteiger partial charge in [0.05, 0.1) is 33.3 Å². The van der Waals surface area contributed by atoms with Crippen molar-refractivity contribution in [2.45, 2.75) is 19.4 Å². The van der Waals surface area contributed by atoms with E-state index in [4.69, 9.17) is 39.5 Å². The van der Waals surface area contributed by atoms with E-state index in [0.29, 0.717) is 21.8 Å². The molecule has 1 atom stereocenters. The van der Waals surface area contributed by atoms with Crippen LogP contribution < -0.4 is 10.6 Å². The number of hydrogen-bond donors (Lipinski definition) is 2. The van der Waals surface area contributed by atoms with Gasteiger partial charge in [-0.1, -0.05) is 65.1 Å². The van der Waals surface area contributed by atoms with Crippen LogP contribution in [0.2, 0.25) is 15.1 Å². The third-order valence-electron chi connectivity index (χ3n) is 5.08. The summed E-state index contributed by atoms with van der Waals surface area (Å²) in [5, 5.41) is 6.21. The maximum atomic E-state index is 12.8. The quantitative estimate of drug-likeness (QED) is 0.391. The number of carbonyl (C=O) groups is 3. The Kier molecular flexibility index (Phi) is 8.56. The molecule has 0 saturated heterocycles. The first-order valence-electron chi connectivity index (χ1n) is 10.2. The van der Waals surface area contributed by atoms with Gasteiger partial charge in [-0.2, -0.15) is 0 Å². The number of amides is 2. The van der Waals surface area contributed by atoms with Gasteiger partial charge in [0.1, 0.15) is 6.04 Å². The fraction of sp³-hybridized carbons (Fsp3) is 0.160. The number of rotatable bonds is 7. The molecular weight excluding hydrogens is 499 g/mol. The van der Waals surface area contributed by atoms with Crippen LogP contribution >= 0.6 is 34.8 Å². The van der Waals surface area contributed by atoms with Crippen molar-refractivity contribution >= 4 is 58.3 Å². The molecule has 2 N–H and O–H groups in total. The van der Waals surface area contributed by atoms with Crippen LogP contribution in [0, 0.1) is 6.92 Å². The summed E-state index contributed by atoms with van der Waals surface area (Å²) in [6.07, 6.45) is 0.173. The molecule has 0 spiro atoms. The summed E-state index contributed by atoms with van der Waals surface area (Å²) in [4.78, 5) is 37.7. The van der Waals surface area contributed by atoms with Gasteiger partial charge in [-0.25, -0.2) is 4.79 Å². The molecule has 2 amide bonds. The number of benzene rings is 3. The zero-order valence-corrected chi connectivity index (χ0v) is 20.6. The van der Waals surface area contributed by atoms with Gasteiger partial charge >= 0.3 is 5.97 Å². The van der Waals surface area contributed by atoms with Crippen LogP contribution in [0.15, 0.2) is 60.7 Å². The van der Waals surface area contributed by atoms with Gasteiger partial charge in [-0.05, 0) is 48.4 Å². The molecule has 0 radical (unpaired) electrons. The highest BCUT2D eigenvalue weighted by molar-refractivity contribution is 6.40. The summed E-state index contributed by atoms with van der Waals surface area (Å²) in [6, 6.07) is 15.8. The van der Waals surface area contributed by atoms with Gasteiger partial charge in [-0.15, -0.1) is 0 Å². The molecule has 6 nitrogen and oxygen atoms in total. The van der Waals surface area contributed by atoms with Crippen molar-refractivity contribution in [3.05, 3.63) is 98.0 Å². The van der Waals surface area contributed by atoms with E-state index in [1.165, 1.54) is 7.11 Å². The van der Waals surface area contributed by atoms with Crippen LogP contribution in [0.5, 0.6) is 0 Å². The molecule has 0 bridgehead atoms. The number of carbonyl (C=O) groups excluding carboxylic acids is 3. The first kappa shape index (κ1) is 25.6. The Labute approximate surface area is 212 Å². The Morgan fingerprint density at radius 1 is 0.824 bits per heavy atom. The average Bonchev–Trinajstić information content (AvgIpc) is 2.79. The van der Waals surface area contributed by atoms with E-state index < -0.39 is 23.8 Å². The summed E-state index contributed by atoms with van der Waals surface area (Å²) in [5.74, 6) is -1.51. The molecule has 34 heavy (non-hydrogen) atoms. The van der Waals surface area contributed by atoms with Crippen LogP contribution in [0.1, 0.15) is 31.8 Å². The highest BCUT2D eigenvalue weighted by atomic mass is 35.5. The summed E-state index contributed by atoms with van der Waals surface area (Å²) in [5.41, 5.74) is 2.41. The lowest BCUT2D eigenvalue weighted by atomic mass is 10.0. The lowest BCUT2D eigenvalue weighted by Gasteiger charge is -2.18. The minimum absolute atomic E-state index is 0.173. The lowest BCUT2D eigenvalue weighted by molar-refractivity contribution is -0.142. The number of halogens is 3. The topological polar surface area (TPSA) is 84.5 Å². The van der Waals surface area contributed by atoms with Crippen molar-refractivity contribution < 1.29 is 19.1 Å². The molecule has 3 rings (SSSR count). The predicted molar refractivity (Wildman–Crippen MR) is 134 cm³/mol. The fourth-order valence-electron chi connectivity index (χ4n) is 3.35. The van der Waals surface area contributed by atoms with Crippen molar-refractivity contribution in [3.63, 3.8) is 0 Å². The third kappa shape index (κ3) is 6.08. The minimum atomic E-state index is -0.935. The number of anilines is 1. The highest BCUT2D eigenvalue weighted by Crippen LogP contribution is 2.25. The van der Waals surface area contributed by atoms with Crippen LogP contribution in [0.4, 0.5) is 5.69 Å². The molecule has 3 aromatic carbocycles. The van der Waals surface area contributed by atoms with Crippen molar-refractivity contribution in [2.24, 2.45) is 0 Å². The molecule has 0 saturated carbocycles. The van der Waals surface area contributed by atoms with Crippen molar-refractivity contribution in [2.75, 3.05) is 12.4 Å². The number of esters is 1. The first-order valence-corrected chi connectivity index (χ1v) is 11.3. The Balaban J connectivity index is 1.72. The number of aryl methyl sites for hydroxylation is 1. The van der Waals surface area contributed by atoms with E-state index in [9.17, 15) is 14.4 Å². The monoisotopic (exact) mass is 518 g/mol. The molecule has 1 unspecified atom stereocenters.